The highest BCUT2D eigenvalue weighted by Gasteiger charge is 2.20. The summed E-state index contributed by atoms with van der Waals surface area (Å²) < 4.78 is 5.51. The van der Waals surface area contributed by atoms with Crippen molar-refractivity contribution in [3.8, 4) is 0 Å². The Hall–Kier alpha value is -1.92. The van der Waals surface area contributed by atoms with Crippen LogP contribution in [-0.4, -0.2) is 47.4 Å². The highest BCUT2D eigenvalue weighted by Crippen LogP contribution is 2.19. The maximum Gasteiger partial charge on any atom is 0.305 e. The van der Waals surface area contributed by atoms with Crippen molar-refractivity contribution in [2.24, 2.45) is 0 Å². The number of aliphatic hydroxyl groups is 2. The fourth-order valence-corrected chi connectivity index (χ4v) is 12.1. The minimum Gasteiger partial charge on any atom is -0.466 e. The van der Waals surface area contributed by atoms with E-state index < -0.39 is 12.1 Å². The van der Waals surface area contributed by atoms with Gasteiger partial charge in [0.2, 0.25) is 5.91 Å². The van der Waals surface area contributed by atoms with Crippen molar-refractivity contribution < 1.29 is 24.5 Å². The number of amides is 1. The molecule has 3 N–H and O–H groups in total. The number of aliphatic hydroxyl groups excluding tert-OH is 2. The van der Waals surface area contributed by atoms with Crippen LogP contribution in [0.1, 0.15) is 425 Å². The molecule has 0 heterocycles. The first-order valence-electron chi connectivity index (χ1n) is 38.2. The van der Waals surface area contributed by atoms with Gasteiger partial charge in [-0.3, -0.25) is 9.59 Å². The molecule has 2 atom stereocenters. The van der Waals surface area contributed by atoms with Crippen LogP contribution in [0.15, 0.2) is 36.5 Å². The van der Waals surface area contributed by atoms with E-state index in [4.69, 9.17) is 4.74 Å². The average Bonchev–Trinajstić information content (AvgIpc) is 3.53. The van der Waals surface area contributed by atoms with Crippen molar-refractivity contribution in [2.75, 3.05) is 13.2 Å². The van der Waals surface area contributed by atoms with Gasteiger partial charge in [0, 0.05) is 12.8 Å². The van der Waals surface area contributed by atoms with Gasteiger partial charge in [-0.05, 0) is 83.5 Å². The Balaban J connectivity index is 3.36. The molecule has 0 aromatic heterocycles. The molecule has 0 saturated carbocycles. The first-order chi connectivity index (χ1) is 41.5. The Morgan fingerprint density at radius 3 is 0.917 bits per heavy atom. The van der Waals surface area contributed by atoms with Gasteiger partial charge >= 0.3 is 5.97 Å². The number of esters is 1. The SMILES string of the molecule is CCCCCCCC/C=C\CCCCCCCCCCCC(=O)OCCCCCCCCCCC/C=C\C/C=C\CCCCCCCCCCCCCCCCCCCC(=O)NC(CO)C(O)CCCCCCCCCCCCCCCCC. The summed E-state index contributed by atoms with van der Waals surface area (Å²) in [6.45, 7) is 4.98. The van der Waals surface area contributed by atoms with Crippen LogP contribution in [0.25, 0.3) is 0 Å². The maximum absolute atomic E-state index is 12.5. The molecular weight excluding hydrogens is 1030 g/mol. The molecule has 0 aromatic rings. The van der Waals surface area contributed by atoms with Gasteiger partial charge in [0.05, 0.1) is 25.4 Å². The molecule has 496 valence electrons. The van der Waals surface area contributed by atoms with E-state index in [1.807, 2.05) is 0 Å². The molecule has 6 heteroatoms. The van der Waals surface area contributed by atoms with Gasteiger partial charge in [0.15, 0.2) is 0 Å². The van der Waals surface area contributed by atoms with Gasteiger partial charge in [0.25, 0.3) is 0 Å². The lowest BCUT2D eigenvalue weighted by atomic mass is 10.0. The van der Waals surface area contributed by atoms with Gasteiger partial charge in [-0.1, -0.05) is 365 Å². The Bertz CT molecular complexity index is 1360. The number of ether oxygens (including phenoxy) is 1. The molecule has 6 nitrogen and oxygen atoms in total. The Morgan fingerprint density at radius 1 is 0.333 bits per heavy atom. The summed E-state index contributed by atoms with van der Waals surface area (Å²) in [5.41, 5.74) is 0. The monoisotopic (exact) mass is 1180 g/mol. The van der Waals surface area contributed by atoms with E-state index in [2.05, 4.69) is 55.6 Å². The Kier molecular flexibility index (Phi) is 71.9. The highest BCUT2D eigenvalue weighted by molar-refractivity contribution is 5.76. The van der Waals surface area contributed by atoms with Crippen LogP contribution in [0.5, 0.6) is 0 Å². The Morgan fingerprint density at radius 2 is 0.595 bits per heavy atom. The highest BCUT2D eigenvalue weighted by atomic mass is 16.5. The summed E-state index contributed by atoms with van der Waals surface area (Å²) in [4.78, 5) is 24.6. The van der Waals surface area contributed by atoms with Gasteiger partial charge in [-0.2, -0.15) is 0 Å². The minimum atomic E-state index is -0.663. The zero-order valence-electron chi connectivity index (χ0n) is 56.9. The minimum absolute atomic E-state index is 0.0144. The lowest BCUT2D eigenvalue weighted by Crippen LogP contribution is -2.45. The molecule has 2 unspecified atom stereocenters. The maximum atomic E-state index is 12.5. The number of nitrogens with one attached hydrogen (secondary N) is 1. The number of hydrogen-bond acceptors (Lipinski definition) is 5. The zero-order valence-corrected chi connectivity index (χ0v) is 56.9. The smallest absolute Gasteiger partial charge is 0.305 e. The summed E-state index contributed by atoms with van der Waals surface area (Å²) in [6, 6.07) is -0.540. The lowest BCUT2D eigenvalue weighted by Gasteiger charge is -2.22. The molecule has 0 radical (unpaired) electrons. The largest absolute Gasteiger partial charge is 0.466 e. The number of unbranched alkanes of at least 4 members (excludes halogenated alkanes) is 55. The molecule has 0 aromatic carbocycles. The third-order valence-electron chi connectivity index (χ3n) is 17.9. The third kappa shape index (κ3) is 69.2. The molecule has 1 amide bonds. The molecular formula is C78H149NO5. The van der Waals surface area contributed by atoms with Crippen molar-refractivity contribution in [2.45, 2.75) is 437 Å². The van der Waals surface area contributed by atoms with Crippen LogP contribution >= 0.6 is 0 Å². The van der Waals surface area contributed by atoms with E-state index in [0.29, 0.717) is 25.9 Å². The summed E-state index contributed by atoms with van der Waals surface area (Å²) in [7, 11) is 0. The van der Waals surface area contributed by atoms with Crippen LogP contribution < -0.4 is 5.32 Å². The van der Waals surface area contributed by atoms with Crippen LogP contribution in [0.2, 0.25) is 0 Å². The molecule has 0 spiro atoms. The van der Waals surface area contributed by atoms with Crippen molar-refractivity contribution in [1.82, 2.24) is 5.32 Å². The number of rotatable bonds is 72. The standard InChI is InChI=1S/C78H149NO5/c1-3-5-7-9-11-13-15-17-19-20-36-40-44-48-52-56-60-64-68-72-78(83)84-73-69-65-61-57-53-49-45-41-38-35-33-31-29-27-25-23-21-22-24-26-28-30-32-34-37-39-43-47-51-55-59-63-67-71-77(82)79-75(74-80)76(81)70-66-62-58-54-50-46-42-18-16-14-12-10-8-6-4-2/h17,19,25,27,31,33,75-76,80-81H,3-16,18,20-24,26,28-30,32,34-74H2,1-2H3,(H,79,82)/b19-17-,27-25-,33-31-. The molecule has 0 bridgehead atoms. The molecule has 0 fully saturated rings. The predicted molar refractivity (Wildman–Crippen MR) is 370 cm³/mol. The number of carbonyl (C=O) groups excluding carboxylic acids is 2. The lowest BCUT2D eigenvalue weighted by molar-refractivity contribution is -0.143. The normalized spacial score (nSPS) is 12.7. The van der Waals surface area contributed by atoms with E-state index in [-0.39, 0.29) is 18.5 Å². The van der Waals surface area contributed by atoms with Crippen molar-refractivity contribution in [3.05, 3.63) is 36.5 Å². The third-order valence-corrected chi connectivity index (χ3v) is 17.9. The van der Waals surface area contributed by atoms with Crippen LogP contribution in [0.4, 0.5) is 0 Å². The zero-order chi connectivity index (χ0) is 60.6. The van der Waals surface area contributed by atoms with E-state index >= 15 is 0 Å². The van der Waals surface area contributed by atoms with E-state index in [1.165, 1.54) is 347 Å². The first kappa shape index (κ1) is 82.1. The second kappa shape index (κ2) is 73.5. The molecule has 0 aliphatic carbocycles. The second-order valence-electron chi connectivity index (χ2n) is 26.3. The molecule has 0 saturated heterocycles. The van der Waals surface area contributed by atoms with Gasteiger partial charge in [0.1, 0.15) is 0 Å². The van der Waals surface area contributed by atoms with E-state index in [0.717, 1.165) is 44.9 Å². The summed E-state index contributed by atoms with van der Waals surface area (Å²) >= 11 is 0. The van der Waals surface area contributed by atoms with Crippen LogP contribution in [0, 0.1) is 0 Å². The second-order valence-corrected chi connectivity index (χ2v) is 26.3. The van der Waals surface area contributed by atoms with E-state index in [9.17, 15) is 19.8 Å². The topological polar surface area (TPSA) is 95.9 Å². The molecule has 84 heavy (non-hydrogen) atoms. The number of hydrogen-bond donors (Lipinski definition) is 3. The number of carbonyl (C=O) groups is 2. The van der Waals surface area contributed by atoms with Crippen molar-refractivity contribution >= 4 is 11.9 Å². The summed E-state index contributed by atoms with van der Waals surface area (Å²) in [5, 5.41) is 23.3. The van der Waals surface area contributed by atoms with Gasteiger partial charge in [-0.25, -0.2) is 0 Å². The first-order valence-corrected chi connectivity index (χ1v) is 38.2. The predicted octanol–water partition coefficient (Wildman–Crippen LogP) is 25.0. The van der Waals surface area contributed by atoms with E-state index in [1.54, 1.807) is 0 Å². The van der Waals surface area contributed by atoms with Crippen LogP contribution in [0.3, 0.4) is 0 Å². The summed E-state index contributed by atoms with van der Waals surface area (Å²) in [5.74, 6) is -0.0157. The fraction of sp³-hybridized carbons (Fsp3) is 0.897. The molecule has 0 rings (SSSR count). The van der Waals surface area contributed by atoms with Crippen LogP contribution in [-0.2, 0) is 14.3 Å². The number of allylic oxidation sites excluding steroid dienone is 6. The Labute approximate surface area is 525 Å². The average molecular weight is 1180 g/mol. The quantitative estimate of drug-likeness (QED) is 0.0320. The van der Waals surface area contributed by atoms with Gasteiger partial charge in [-0.15, -0.1) is 0 Å². The molecule has 0 aliphatic rings. The summed E-state index contributed by atoms with van der Waals surface area (Å²) in [6.07, 6.45) is 95.1. The van der Waals surface area contributed by atoms with Gasteiger partial charge < -0.3 is 20.3 Å². The van der Waals surface area contributed by atoms with Crippen molar-refractivity contribution in [1.29, 1.82) is 0 Å². The van der Waals surface area contributed by atoms with Crippen molar-refractivity contribution in [3.63, 3.8) is 0 Å². The molecule has 0 aliphatic heterocycles. The fourth-order valence-electron chi connectivity index (χ4n) is 12.1.